The van der Waals surface area contributed by atoms with E-state index in [1.807, 2.05) is 11.5 Å². The fourth-order valence-electron chi connectivity index (χ4n) is 3.43. The van der Waals surface area contributed by atoms with Crippen LogP contribution in [0.4, 0.5) is 13.2 Å². The second-order valence-corrected chi connectivity index (χ2v) is 6.34. The molecule has 3 aromatic rings. The first-order valence-corrected chi connectivity index (χ1v) is 8.55. The van der Waals surface area contributed by atoms with E-state index in [-0.39, 0.29) is 12.4 Å². The SMILES string of the molecule is CCc1c(-c2ccc(F)cc2)c(C(N)=O)c(C)n1Cc1ccc(F)c(F)c1. The first-order chi connectivity index (χ1) is 12.8. The van der Waals surface area contributed by atoms with Crippen molar-refractivity contribution in [2.45, 2.75) is 26.8 Å². The number of rotatable bonds is 5. The third kappa shape index (κ3) is 3.47. The molecule has 1 amide bonds. The van der Waals surface area contributed by atoms with Crippen molar-refractivity contribution < 1.29 is 18.0 Å². The molecule has 2 N–H and O–H groups in total. The van der Waals surface area contributed by atoms with Gasteiger partial charge >= 0.3 is 0 Å². The predicted octanol–water partition coefficient (Wildman–Crippen LogP) is 4.59. The first-order valence-electron chi connectivity index (χ1n) is 8.55. The van der Waals surface area contributed by atoms with E-state index in [0.717, 1.165) is 17.8 Å². The molecule has 3 nitrogen and oxygen atoms in total. The largest absolute Gasteiger partial charge is 0.366 e. The molecule has 0 saturated heterocycles. The number of hydrogen-bond acceptors (Lipinski definition) is 1. The summed E-state index contributed by atoms with van der Waals surface area (Å²) in [6, 6.07) is 9.54. The zero-order valence-electron chi connectivity index (χ0n) is 15.0. The Morgan fingerprint density at radius 1 is 1.04 bits per heavy atom. The molecule has 0 aliphatic rings. The predicted molar refractivity (Wildman–Crippen MR) is 97.9 cm³/mol. The van der Waals surface area contributed by atoms with Crippen LogP contribution in [0.1, 0.15) is 34.2 Å². The minimum absolute atomic E-state index is 0.258. The molecule has 1 aromatic heterocycles. The lowest BCUT2D eigenvalue weighted by Crippen LogP contribution is -2.13. The number of carbonyl (C=O) groups is 1. The molecule has 140 valence electrons. The highest BCUT2D eigenvalue weighted by atomic mass is 19.2. The average molecular weight is 372 g/mol. The Hall–Kier alpha value is -3.02. The van der Waals surface area contributed by atoms with E-state index >= 15 is 0 Å². The maximum atomic E-state index is 13.6. The highest BCUT2D eigenvalue weighted by Crippen LogP contribution is 2.34. The van der Waals surface area contributed by atoms with Gasteiger partial charge in [0, 0.05) is 23.5 Å². The third-order valence-electron chi connectivity index (χ3n) is 4.67. The second-order valence-electron chi connectivity index (χ2n) is 6.34. The van der Waals surface area contributed by atoms with Crippen LogP contribution in [0.15, 0.2) is 42.5 Å². The van der Waals surface area contributed by atoms with E-state index in [1.54, 1.807) is 19.1 Å². The van der Waals surface area contributed by atoms with Gasteiger partial charge in [-0.2, -0.15) is 0 Å². The van der Waals surface area contributed by atoms with Gasteiger partial charge in [-0.3, -0.25) is 4.79 Å². The molecule has 0 spiro atoms. The summed E-state index contributed by atoms with van der Waals surface area (Å²) in [5.74, 6) is -2.81. The Morgan fingerprint density at radius 3 is 2.26 bits per heavy atom. The lowest BCUT2D eigenvalue weighted by molar-refractivity contribution is 0.1000. The maximum absolute atomic E-state index is 13.6. The molecule has 27 heavy (non-hydrogen) atoms. The molecule has 6 heteroatoms. The summed E-state index contributed by atoms with van der Waals surface area (Å²) in [4.78, 5) is 12.1. The number of benzene rings is 2. The minimum atomic E-state index is -0.927. The van der Waals surface area contributed by atoms with Crippen molar-refractivity contribution in [1.29, 1.82) is 0 Å². The van der Waals surface area contributed by atoms with Crippen LogP contribution in [-0.2, 0) is 13.0 Å². The third-order valence-corrected chi connectivity index (χ3v) is 4.67. The average Bonchev–Trinajstić information content (AvgIpc) is 2.91. The zero-order valence-corrected chi connectivity index (χ0v) is 15.0. The summed E-state index contributed by atoms with van der Waals surface area (Å²) in [7, 11) is 0. The fraction of sp³-hybridized carbons (Fsp3) is 0.190. The molecule has 0 atom stereocenters. The van der Waals surface area contributed by atoms with E-state index in [4.69, 9.17) is 5.73 Å². The van der Waals surface area contributed by atoms with Crippen molar-refractivity contribution in [2.24, 2.45) is 5.73 Å². The maximum Gasteiger partial charge on any atom is 0.251 e. The number of primary amides is 1. The lowest BCUT2D eigenvalue weighted by atomic mass is 9.99. The topological polar surface area (TPSA) is 48.0 Å². The Balaban J connectivity index is 2.19. The van der Waals surface area contributed by atoms with Gasteiger partial charge in [0.05, 0.1) is 5.56 Å². The number of aromatic nitrogens is 1. The summed E-state index contributed by atoms with van der Waals surface area (Å²) < 4.78 is 42.0. The Morgan fingerprint density at radius 2 is 1.70 bits per heavy atom. The lowest BCUT2D eigenvalue weighted by Gasteiger charge is -2.12. The molecule has 0 saturated carbocycles. The van der Waals surface area contributed by atoms with Gasteiger partial charge in [-0.25, -0.2) is 13.2 Å². The molecule has 2 aromatic carbocycles. The summed E-state index contributed by atoms with van der Waals surface area (Å²) in [6.07, 6.45) is 0.574. The van der Waals surface area contributed by atoms with Gasteiger partial charge in [0.25, 0.3) is 5.91 Å². The minimum Gasteiger partial charge on any atom is -0.366 e. The molecule has 3 rings (SSSR count). The van der Waals surface area contributed by atoms with Crippen LogP contribution in [-0.4, -0.2) is 10.5 Å². The molecular formula is C21H19F3N2O. The summed E-state index contributed by atoms with van der Waals surface area (Å²) in [5, 5.41) is 0. The van der Waals surface area contributed by atoms with E-state index in [9.17, 15) is 18.0 Å². The van der Waals surface area contributed by atoms with Gasteiger partial charge in [0.15, 0.2) is 11.6 Å². The van der Waals surface area contributed by atoms with Gasteiger partial charge in [-0.15, -0.1) is 0 Å². The summed E-state index contributed by atoms with van der Waals surface area (Å²) in [6.45, 7) is 3.94. The number of hydrogen-bond donors (Lipinski definition) is 1. The Labute approximate surface area is 155 Å². The van der Waals surface area contributed by atoms with Crippen molar-refractivity contribution in [3.63, 3.8) is 0 Å². The van der Waals surface area contributed by atoms with Crippen molar-refractivity contribution in [1.82, 2.24) is 4.57 Å². The molecule has 0 aliphatic heterocycles. The number of carbonyl (C=O) groups excluding carboxylic acids is 1. The van der Waals surface area contributed by atoms with Crippen molar-refractivity contribution in [3.05, 3.63) is 82.4 Å². The van der Waals surface area contributed by atoms with Gasteiger partial charge in [0.1, 0.15) is 5.82 Å². The van der Waals surface area contributed by atoms with Gasteiger partial charge in [0.2, 0.25) is 0 Å². The Kier molecular flexibility index (Phi) is 5.08. The van der Waals surface area contributed by atoms with Crippen molar-refractivity contribution >= 4 is 5.91 Å². The Bertz CT molecular complexity index is 1010. The van der Waals surface area contributed by atoms with E-state index in [1.165, 1.54) is 18.2 Å². The highest BCUT2D eigenvalue weighted by molar-refractivity contribution is 6.02. The molecule has 0 bridgehead atoms. The van der Waals surface area contributed by atoms with Crippen LogP contribution in [0.5, 0.6) is 0 Å². The number of nitrogens with two attached hydrogens (primary N) is 1. The molecule has 0 fully saturated rings. The quantitative estimate of drug-likeness (QED) is 0.700. The van der Waals surface area contributed by atoms with Gasteiger partial charge in [-0.05, 0) is 48.7 Å². The van der Waals surface area contributed by atoms with Crippen LogP contribution in [0.2, 0.25) is 0 Å². The van der Waals surface area contributed by atoms with Crippen LogP contribution in [0.3, 0.4) is 0 Å². The second kappa shape index (κ2) is 7.31. The molecule has 1 heterocycles. The van der Waals surface area contributed by atoms with Gasteiger partial charge in [-0.1, -0.05) is 25.1 Å². The van der Waals surface area contributed by atoms with Crippen LogP contribution < -0.4 is 5.73 Å². The van der Waals surface area contributed by atoms with Crippen molar-refractivity contribution in [3.8, 4) is 11.1 Å². The normalized spacial score (nSPS) is 11.0. The summed E-state index contributed by atoms with van der Waals surface area (Å²) in [5.41, 5.74) is 9.29. The fourth-order valence-corrected chi connectivity index (χ4v) is 3.43. The smallest absolute Gasteiger partial charge is 0.251 e. The highest BCUT2D eigenvalue weighted by Gasteiger charge is 2.24. The van der Waals surface area contributed by atoms with Crippen molar-refractivity contribution in [2.75, 3.05) is 0 Å². The molecule has 0 radical (unpaired) electrons. The number of halogens is 3. The first kappa shape index (κ1) is 18.8. The van der Waals surface area contributed by atoms with E-state index in [2.05, 4.69) is 0 Å². The zero-order chi connectivity index (χ0) is 19.7. The number of amides is 1. The molecular weight excluding hydrogens is 353 g/mol. The molecule has 0 aliphatic carbocycles. The van der Waals surface area contributed by atoms with E-state index in [0.29, 0.717) is 34.4 Å². The van der Waals surface area contributed by atoms with Crippen LogP contribution >= 0.6 is 0 Å². The molecule has 0 unspecified atom stereocenters. The summed E-state index contributed by atoms with van der Waals surface area (Å²) >= 11 is 0. The van der Waals surface area contributed by atoms with Crippen LogP contribution in [0, 0.1) is 24.4 Å². The monoisotopic (exact) mass is 372 g/mol. The van der Waals surface area contributed by atoms with Gasteiger partial charge < -0.3 is 10.3 Å². The standard InChI is InChI=1S/C21H19F3N2O/c1-3-18-20(14-5-7-15(22)8-6-14)19(21(25)27)12(2)26(18)11-13-4-9-16(23)17(24)10-13/h4-10H,3,11H2,1-2H3,(H2,25,27). The number of nitrogens with zero attached hydrogens (tertiary/aromatic N) is 1. The van der Waals surface area contributed by atoms with Crippen LogP contribution in [0.25, 0.3) is 11.1 Å². The van der Waals surface area contributed by atoms with E-state index < -0.39 is 17.5 Å².